The van der Waals surface area contributed by atoms with E-state index in [1.165, 1.54) is 8.61 Å². The number of hydrogen-bond donors (Lipinski definition) is 0. The van der Waals surface area contributed by atoms with Gasteiger partial charge in [0.1, 0.15) is 0 Å². The van der Waals surface area contributed by atoms with Gasteiger partial charge < -0.3 is 0 Å². The molecule has 4 aromatic carbocycles. The predicted molar refractivity (Wildman–Crippen MR) is 151 cm³/mol. The van der Waals surface area contributed by atoms with Gasteiger partial charge in [-0.05, 0) is 69.7 Å². The smallest absolute Gasteiger partial charge is 0.263 e. The van der Waals surface area contributed by atoms with Gasteiger partial charge in [0.2, 0.25) is 0 Å². The Bertz CT molecular complexity index is 1650. The standard InChI is InChI=1S/C30H30N2O4S2/c1-22-13-17-26(18-14-22)37(33,34)31-24(3)21-30(28-11-7-8-12-29(28)31)32(25-9-5-4-6-10-25)38(35,36)27-19-15-23(2)16-20-27/h4-20,24,30H,21H2,1-3H3/t24-,30+/m0/s1. The van der Waals surface area contributed by atoms with Crippen molar-refractivity contribution in [3.05, 3.63) is 120 Å². The summed E-state index contributed by atoms with van der Waals surface area (Å²) < 4.78 is 59.0. The lowest BCUT2D eigenvalue weighted by Crippen LogP contribution is -2.47. The number of anilines is 2. The van der Waals surface area contributed by atoms with E-state index in [0.717, 1.165) is 11.1 Å². The molecular formula is C30H30N2O4S2. The molecule has 0 radical (unpaired) electrons. The Balaban J connectivity index is 1.68. The van der Waals surface area contributed by atoms with Crippen LogP contribution in [-0.2, 0) is 20.0 Å². The second-order valence-electron chi connectivity index (χ2n) is 9.72. The number of hydrogen-bond acceptors (Lipinski definition) is 4. The van der Waals surface area contributed by atoms with Crippen LogP contribution in [0.25, 0.3) is 0 Å². The Kier molecular flexibility index (Phi) is 6.79. The molecule has 0 fully saturated rings. The van der Waals surface area contributed by atoms with Crippen molar-refractivity contribution in [2.45, 2.75) is 49.1 Å². The van der Waals surface area contributed by atoms with Crippen molar-refractivity contribution >= 4 is 31.4 Å². The van der Waals surface area contributed by atoms with Crippen molar-refractivity contribution in [3.63, 3.8) is 0 Å². The molecule has 6 nitrogen and oxygen atoms in total. The number of fused-ring (bicyclic) bond motifs is 1. The molecule has 0 spiro atoms. The van der Waals surface area contributed by atoms with Crippen LogP contribution in [0.4, 0.5) is 11.4 Å². The molecule has 38 heavy (non-hydrogen) atoms. The highest BCUT2D eigenvalue weighted by molar-refractivity contribution is 7.93. The Morgan fingerprint density at radius 3 is 1.82 bits per heavy atom. The van der Waals surface area contributed by atoms with E-state index >= 15 is 0 Å². The van der Waals surface area contributed by atoms with Crippen molar-refractivity contribution in [1.29, 1.82) is 0 Å². The van der Waals surface area contributed by atoms with E-state index in [2.05, 4.69) is 0 Å². The second-order valence-corrected chi connectivity index (χ2v) is 13.4. The number of benzene rings is 4. The maximum atomic E-state index is 14.2. The average Bonchev–Trinajstić information content (AvgIpc) is 2.89. The van der Waals surface area contributed by atoms with Gasteiger partial charge in [0.15, 0.2) is 0 Å². The van der Waals surface area contributed by atoms with E-state index in [1.54, 1.807) is 84.9 Å². The Morgan fingerprint density at radius 1 is 0.684 bits per heavy atom. The molecule has 1 heterocycles. The van der Waals surface area contributed by atoms with Gasteiger partial charge in [-0.15, -0.1) is 0 Å². The maximum absolute atomic E-state index is 14.2. The third kappa shape index (κ3) is 4.59. The fourth-order valence-corrected chi connectivity index (χ4v) is 8.38. The highest BCUT2D eigenvalue weighted by Gasteiger charge is 2.43. The molecule has 0 saturated heterocycles. The number of nitrogens with zero attached hydrogens (tertiary/aromatic N) is 2. The Labute approximate surface area is 225 Å². The monoisotopic (exact) mass is 546 g/mol. The summed E-state index contributed by atoms with van der Waals surface area (Å²) in [5, 5.41) is 0. The summed E-state index contributed by atoms with van der Waals surface area (Å²) in [4.78, 5) is 0.391. The van der Waals surface area contributed by atoms with Gasteiger partial charge in [0.25, 0.3) is 20.0 Å². The van der Waals surface area contributed by atoms with Gasteiger partial charge in [-0.2, -0.15) is 0 Å². The van der Waals surface area contributed by atoms with Crippen molar-refractivity contribution < 1.29 is 16.8 Å². The molecule has 2 atom stereocenters. The third-order valence-electron chi connectivity index (χ3n) is 6.95. The fraction of sp³-hybridized carbons (Fsp3) is 0.200. The molecule has 8 heteroatoms. The predicted octanol–water partition coefficient (Wildman–Crippen LogP) is 6.23. The van der Waals surface area contributed by atoms with Gasteiger partial charge in [-0.25, -0.2) is 16.8 Å². The summed E-state index contributed by atoms with van der Waals surface area (Å²) in [7, 11) is -7.86. The van der Waals surface area contributed by atoms with E-state index in [4.69, 9.17) is 0 Å². The van der Waals surface area contributed by atoms with Crippen molar-refractivity contribution in [3.8, 4) is 0 Å². The number of para-hydroxylation sites is 2. The molecule has 0 saturated carbocycles. The highest BCUT2D eigenvalue weighted by Crippen LogP contribution is 2.46. The zero-order chi connectivity index (χ0) is 27.1. The normalized spacial score (nSPS) is 17.6. The van der Waals surface area contributed by atoms with Crippen LogP contribution in [0.1, 0.15) is 36.1 Å². The van der Waals surface area contributed by atoms with E-state index in [0.29, 0.717) is 16.9 Å². The minimum atomic E-state index is -3.98. The molecule has 0 aliphatic carbocycles. The number of sulfonamides is 2. The van der Waals surface area contributed by atoms with Gasteiger partial charge in [-0.1, -0.05) is 71.8 Å². The van der Waals surface area contributed by atoms with Crippen LogP contribution in [0.5, 0.6) is 0 Å². The molecule has 5 rings (SSSR count). The Hall–Kier alpha value is -3.62. The lowest BCUT2D eigenvalue weighted by atomic mass is 9.93. The zero-order valence-electron chi connectivity index (χ0n) is 21.5. The van der Waals surface area contributed by atoms with Crippen LogP contribution < -0.4 is 8.61 Å². The number of rotatable bonds is 6. The van der Waals surface area contributed by atoms with E-state index in [1.807, 2.05) is 39.0 Å². The zero-order valence-corrected chi connectivity index (χ0v) is 23.2. The summed E-state index contributed by atoms with van der Waals surface area (Å²) in [5.74, 6) is 0. The van der Waals surface area contributed by atoms with Crippen molar-refractivity contribution in [1.82, 2.24) is 0 Å². The fourth-order valence-electron chi connectivity index (χ4n) is 5.05. The van der Waals surface area contributed by atoms with E-state index < -0.39 is 32.1 Å². The van der Waals surface area contributed by atoms with Crippen LogP contribution in [0.3, 0.4) is 0 Å². The molecular weight excluding hydrogens is 516 g/mol. The topological polar surface area (TPSA) is 74.8 Å². The van der Waals surface area contributed by atoms with Crippen LogP contribution >= 0.6 is 0 Å². The summed E-state index contributed by atoms with van der Waals surface area (Å²) in [6, 6.07) is 28.7. The molecule has 1 aliphatic heterocycles. The van der Waals surface area contributed by atoms with Gasteiger partial charge in [0, 0.05) is 11.6 Å². The first-order valence-corrected chi connectivity index (χ1v) is 15.3. The largest absolute Gasteiger partial charge is 0.264 e. The van der Waals surface area contributed by atoms with Gasteiger partial charge in [-0.3, -0.25) is 8.61 Å². The van der Waals surface area contributed by atoms with Crippen LogP contribution in [0, 0.1) is 13.8 Å². The molecule has 0 N–H and O–H groups in total. The summed E-state index contributed by atoms with van der Waals surface area (Å²) in [6.45, 7) is 5.65. The molecule has 0 aromatic heterocycles. The molecule has 0 bridgehead atoms. The first kappa shape index (κ1) is 26.0. The van der Waals surface area contributed by atoms with Crippen molar-refractivity contribution in [2.24, 2.45) is 0 Å². The van der Waals surface area contributed by atoms with Crippen LogP contribution in [-0.4, -0.2) is 22.9 Å². The summed E-state index contributed by atoms with van der Waals surface area (Å²) >= 11 is 0. The van der Waals surface area contributed by atoms with Gasteiger partial charge >= 0.3 is 0 Å². The molecule has 0 unspecified atom stereocenters. The number of aryl methyl sites for hydroxylation is 2. The first-order chi connectivity index (χ1) is 18.1. The Morgan fingerprint density at radius 2 is 1.21 bits per heavy atom. The average molecular weight is 547 g/mol. The highest BCUT2D eigenvalue weighted by atomic mass is 32.2. The third-order valence-corrected chi connectivity index (χ3v) is 10.7. The van der Waals surface area contributed by atoms with Crippen LogP contribution in [0.2, 0.25) is 0 Å². The van der Waals surface area contributed by atoms with E-state index in [9.17, 15) is 16.8 Å². The minimum Gasteiger partial charge on any atom is -0.263 e. The van der Waals surface area contributed by atoms with Gasteiger partial charge in [0.05, 0.1) is 27.2 Å². The van der Waals surface area contributed by atoms with Crippen LogP contribution in [0.15, 0.2) is 113 Å². The van der Waals surface area contributed by atoms with E-state index in [-0.39, 0.29) is 16.2 Å². The van der Waals surface area contributed by atoms with Crippen molar-refractivity contribution in [2.75, 3.05) is 8.61 Å². The molecule has 4 aromatic rings. The lowest BCUT2D eigenvalue weighted by Gasteiger charge is -2.43. The lowest BCUT2D eigenvalue weighted by molar-refractivity contribution is 0.511. The minimum absolute atomic E-state index is 0.187. The SMILES string of the molecule is Cc1ccc(S(=O)(=O)N(c2ccccc2)[C@@H]2C[C@H](C)N(S(=O)(=O)c3ccc(C)cc3)c3ccccc32)cc1. The second kappa shape index (κ2) is 9.93. The molecule has 0 amide bonds. The molecule has 196 valence electrons. The first-order valence-electron chi connectivity index (χ1n) is 12.5. The molecule has 1 aliphatic rings. The quantitative estimate of drug-likeness (QED) is 0.287. The summed E-state index contributed by atoms with van der Waals surface area (Å²) in [6.07, 6.45) is 0.280. The summed E-state index contributed by atoms with van der Waals surface area (Å²) in [5.41, 5.74) is 3.58. The maximum Gasteiger partial charge on any atom is 0.264 e.